The maximum Gasteiger partial charge on any atom is 0.507 e. The van der Waals surface area contributed by atoms with E-state index in [1.54, 1.807) is 9.26 Å². The van der Waals surface area contributed by atoms with Gasteiger partial charge in [0.05, 0.1) is 0 Å². The van der Waals surface area contributed by atoms with Crippen LogP contribution in [0.5, 0.6) is 0 Å². The largest absolute Gasteiger partial charge is 0.507 e. The van der Waals surface area contributed by atoms with Crippen molar-refractivity contribution in [3.05, 3.63) is 29.8 Å². The molecule has 0 aliphatic rings. The zero-order valence-electron chi connectivity index (χ0n) is 7.52. The highest BCUT2D eigenvalue weighted by molar-refractivity contribution is 9.23. The van der Waals surface area contributed by atoms with Crippen molar-refractivity contribution in [2.75, 3.05) is 0 Å². The lowest BCUT2D eigenvalue weighted by atomic mass is 10.1. The summed E-state index contributed by atoms with van der Waals surface area (Å²) >= 11 is 3.49. The summed E-state index contributed by atoms with van der Waals surface area (Å²) in [4.78, 5) is 0. The molecule has 0 aliphatic carbocycles. The first kappa shape index (κ1) is 10.5. The normalized spacial score (nSPS) is 9.50. The second-order valence-corrected chi connectivity index (χ2v) is 5.72. The highest BCUT2D eigenvalue weighted by atomic mass is 79.9. The smallest absolute Gasteiger partial charge is 0.296 e. The van der Waals surface area contributed by atoms with Crippen LogP contribution < -0.4 is 3.69 Å². The standard InChI is InChI=1S/C10H13.BrH.Mg/c1-2-3-7-10-8-5-4-6-9-10;;/h4-6,8H,2-3,7H2,1H3;1H;/q;;+1/p-1. The SMILES string of the molecule is CCCCc1cccc[c]1[Mg][Br]. The van der Waals surface area contributed by atoms with Gasteiger partial charge in [0.25, 0.3) is 0 Å². The van der Waals surface area contributed by atoms with Crippen molar-refractivity contribution in [3.63, 3.8) is 0 Å². The molecule has 62 valence electrons. The van der Waals surface area contributed by atoms with E-state index in [0.29, 0.717) is 0 Å². The van der Waals surface area contributed by atoms with Gasteiger partial charge >= 0.3 is 18.2 Å². The third-order valence-electron chi connectivity index (χ3n) is 2.06. The van der Waals surface area contributed by atoms with Crippen LogP contribution in [0, 0.1) is 0 Å². The van der Waals surface area contributed by atoms with Gasteiger partial charge < -0.3 is 0 Å². The number of halogens is 1. The number of aryl methyl sites for hydroxylation is 1. The predicted octanol–water partition coefficient (Wildman–Crippen LogP) is 2.67. The Morgan fingerprint density at radius 3 is 2.75 bits per heavy atom. The zero-order valence-corrected chi connectivity index (χ0v) is 10.5. The lowest BCUT2D eigenvalue weighted by Crippen LogP contribution is -2.14. The van der Waals surface area contributed by atoms with Crippen LogP contribution in [-0.2, 0) is 6.42 Å². The number of hydrogen-bond acceptors (Lipinski definition) is 0. The van der Waals surface area contributed by atoms with E-state index in [9.17, 15) is 0 Å². The molecule has 0 aromatic heterocycles. The molecule has 0 spiro atoms. The van der Waals surface area contributed by atoms with E-state index in [1.807, 2.05) is 0 Å². The molecule has 0 amide bonds. The molecule has 1 rings (SSSR count). The van der Waals surface area contributed by atoms with Crippen molar-refractivity contribution in [2.45, 2.75) is 26.2 Å². The summed E-state index contributed by atoms with van der Waals surface area (Å²) in [5, 5.41) is 0. The van der Waals surface area contributed by atoms with E-state index in [4.69, 9.17) is 0 Å². The Hall–Kier alpha value is 0.466. The quantitative estimate of drug-likeness (QED) is 0.706. The zero-order chi connectivity index (χ0) is 8.81. The molecule has 1 aromatic carbocycles. The first-order valence-electron chi connectivity index (χ1n) is 4.51. The van der Waals surface area contributed by atoms with Gasteiger partial charge in [-0.15, -0.1) is 3.69 Å². The molecule has 0 bridgehead atoms. The molecular weight excluding hydrogens is 224 g/mol. The number of rotatable bonds is 4. The van der Waals surface area contributed by atoms with Gasteiger partial charge in [0, 0.05) is 0 Å². The minimum absolute atomic E-state index is 0.153. The van der Waals surface area contributed by atoms with E-state index in [2.05, 4.69) is 44.1 Å². The summed E-state index contributed by atoms with van der Waals surface area (Å²) in [5.74, 6) is 0. The topological polar surface area (TPSA) is 0 Å². The lowest BCUT2D eigenvalue weighted by Gasteiger charge is -2.05. The molecule has 2 heteroatoms. The highest BCUT2D eigenvalue weighted by Gasteiger charge is 2.00. The van der Waals surface area contributed by atoms with Gasteiger partial charge in [-0.2, -0.15) is 0 Å². The van der Waals surface area contributed by atoms with Crippen LogP contribution in [0.2, 0.25) is 0 Å². The van der Waals surface area contributed by atoms with Crippen LogP contribution in [0.4, 0.5) is 0 Å². The van der Waals surface area contributed by atoms with Crippen LogP contribution in [0.25, 0.3) is 0 Å². The van der Waals surface area contributed by atoms with E-state index in [-0.39, 0.29) is 18.2 Å². The molecule has 0 unspecified atom stereocenters. The predicted molar refractivity (Wildman–Crippen MR) is 59.4 cm³/mol. The Labute approximate surface area is 90.3 Å². The van der Waals surface area contributed by atoms with Crippen LogP contribution in [0.15, 0.2) is 24.3 Å². The summed E-state index contributed by atoms with van der Waals surface area (Å²) in [6.07, 6.45) is 3.86. The molecule has 0 N–H and O–H groups in total. The molecule has 0 nitrogen and oxygen atoms in total. The Morgan fingerprint density at radius 2 is 2.08 bits per heavy atom. The fraction of sp³-hybridized carbons (Fsp3) is 0.400. The average molecular weight is 237 g/mol. The minimum atomic E-state index is -0.153. The minimum Gasteiger partial charge on any atom is -0.296 e. The molecule has 0 fully saturated rings. The first-order valence-corrected chi connectivity index (χ1v) is 9.11. The van der Waals surface area contributed by atoms with E-state index < -0.39 is 0 Å². The van der Waals surface area contributed by atoms with Crippen molar-refractivity contribution in [1.29, 1.82) is 0 Å². The van der Waals surface area contributed by atoms with Crippen molar-refractivity contribution in [1.82, 2.24) is 0 Å². The van der Waals surface area contributed by atoms with Gasteiger partial charge in [-0.1, -0.05) is 43.2 Å². The Bertz CT molecular complexity index is 235. The van der Waals surface area contributed by atoms with Crippen molar-refractivity contribution >= 4 is 34.8 Å². The molecule has 0 heterocycles. The first-order chi connectivity index (χ1) is 5.88. The molecule has 0 saturated heterocycles. The third kappa shape index (κ3) is 3.07. The molecule has 0 saturated carbocycles. The number of benzene rings is 1. The van der Waals surface area contributed by atoms with Crippen molar-refractivity contribution in [3.8, 4) is 0 Å². The van der Waals surface area contributed by atoms with Crippen LogP contribution in [-0.4, -0.2) is 18.2 Å². The fourth-order valence-electron chi connectivity index (χ4n) is 1.30. The fourth-order valence-corrected chi connectivity index (χ4v) is 3.63. The molecule has 0 radical (unpaired) electrons. The van der Waals surface area contributed by atoms with Gasteiger partial charge in [-0.3, -0.25) is 12.9 Å². The van der Waals surface area contributed by atoms with Crippen molar-refractivity contribution in [2.24, 2.45) is 0 Å². The second-order valence-electron chi connectivity index (χ2n) is 3.01. The summed E-state index contributed by atoms with van der Waals surface area (Å²) in [7, 11) is 0. The Balaban J connectivity index is 2.68. The van der Waals surface area contributed by atoms with Crippen LogP contribution in [0.1, 0.15) is 25.3 Å². The monoisotopic (exact) mass is 236 g/mol. The summed E-state index contributed by atoms with van der Waals surface area (Å²) in [6, 6.07) is 8.80. The van der Waals surface area contributed by atoms with Gasteiger partial charge in [0.2, 0.25) is 0 Å². The van der Waals surface area contributed by atoms with Gasteiger partial charge in [-0.25, -0.2) is 0 Å². The van der Waals surface area contributed by atoms with E-state index >= 15 is 0 Å². The van der Waals surface area contributed by atoms with E-state index in [1.165, 1.54) is 19.3 Å². The summed E-state index contributed by atoms with van der Waals surface area (Å²) in [6.45, 7) is 2.24. The molecule has 1 aromatic rings. The maximum absolute atomic E-state index is 3.64. The number of unbranched alkanes of at least 4 members (excludes halogenated alkanes) is 1. The lowest BCUT2D eigenvalue weighted by molar-refractivity contribution is 0.798. The number of hydrogen-bond donors (Lipinski definition) is 0. The Morgan fingerprint density at radius 1 is 1.33 bits per heavy atom. The highest BCUT2D eigenvalue weighted by Crippen LogP contribution is 2.02. The summed E-state index contributed by atoms with van der Waals surface area (Å²) in [5.41, 5.74) is 1.56. The Kier molecular flexibility index (Phi) is 5.27. The summed E-state index contributed by atoms with van der Waals surface area (Å²) < 4.78 is 1.57. The van der Waals surface area contributed by atoms with Gasteiger partial charge in [0.1, 0.15) is 0 Å². The van der Waals surface area contributed by atoms with Crippen LogP contribution >= 0.6 is 12.9 Å². The van der Waals surface area contributed by atoms with Crippen molar-refractivity contribution < 1.29 is 0 Å². The molecule has 0 aliphatic heterocycles. The average Bonchev–Trinajstić information content (AvgIpc) is 2.15. The van der Waals surface area contributed by atoms with Gasteiger partial charge in [0.15, 0.2) is 0 Å². The van der Waals surface area contributed by atoms with Crippen LogP contribution in [0.3, 0.4) is 0 Å². The second kappa shape index (κ2) is 6.00. The molecule has 12 heavy (non-hydrogen) atoms. The molecular formula is C10H13BrMg. The maximum atomic E-state index is 3.64. The van der Waals surface area contributed by atoms with E-state index in [0.717, 1.165) is 0 Å². The molecule has 0 atom stereocenters. The third-order valence-corrected chi connectivity index (χ3v) is 4.85. The van der Waals surface area contributed by atoms with Gasteiger partial charge in [-0.05, 0) is 12.8 Å².